The highest BCUT2D eigenvalue weighted by Crippen LogP contribution is 2.32. The second-order valence-corrected chi connectivity index (χ2v) is 5.72. The molecule has 0 spiro atoms. The molecule has 1 aromatic carbocycles. The molecule has 1 aliphatic rings. The van der Waals surface area contributed by atoms with Gasteiger partial charge in [0.2, 0.25) is 0 Å². The molecule has 0 aliphatic carbocycles. The normalized spacial score (nSPS) is 17.4. The van der Waals surface area contributed by atoms with E-state index < -0.39 is 0 Å². The second kappa shape index (κ2) is 7.00. The number of rotatable bonds is 3. The van der Waals surface area contributed by atoms with Gasteiger partial charge in [-0.3, -0.25) is 0 Å². The maximum Gasteiger partial charge on any atom is 0.321 e. The van der Waals surface area contributed by atoms with Crippen LogP contribution in [-0.2, 0) is 0 Å². The van der Waals surface area contributed by atoms with Crippen LogP contribution < -0.4 is 10.1 Å². The van der Waals surface area contributed by atoms with Crippen molar-refractivity contribution in [2.24, 2.45) is 5.92 Å². The third-order valence-corrected chi connectivity index (χ3v) is 4.22. The van der Waals surface area contributed by atoms with Crippen molar-refractivity contribution < 1.29 is 14.6 Å². The smallest absolute Gasteiger partial charge is 0.321 e. The zero-order valence-electron chi connectivity index (χ0n) is 12.3. The lowest BCUT2D eigenvalue weighted by Gasteiger charge is -2.33. The van der Waals surface area contributed by atoms with Crippen molar-refractivity contribution in [3.63, 3.8) is 0 Å². The van der Waals surface area contributed by atoms with Crippen molar-refractivity contribution >= 4 is 23.3 Å². The molecule has 0 aromatic heterocycles. The van der Waals surface area contributed by atoms with Gasteiger partial charge in [0.1, 0.15) is 0 Å². The molecule has 21 heavy (non-hydrogen) atoms. The number of carbonyl (C=O) groups is 1. The number of nitrogens with one attached hydrogen (secondary N) is 1. The van der Waals surface area contributed by atoms with E-state index in [1.54, 1.807) is 30.0 Å². The molecule has 2 N–H and O–H groups in total. The van der Waals surface area contributed by atoms with E-state index in [0.717, 1.165) is 12.8 Å². The number of nitrogens with zero attached hydrogens (tertiary/aromatic N) is 1. The fraction of sp³-hybridized carbons (Fsp3) is 0.533. The lowest BCUT2D eigenvalue weighted by molar-refractivity contribution is 0.0820. The van der Waals surface area contributed by atoms with Gasteiger partial charge in [-0.25, -0.2) is 4.79 Å². The van der Waals surface area contributed by atoms with Gasteiger partial charge in [0, 0.05) is 13.1 Å². The van der Waals surface area contributed by atoms with E-state index in [4.69, 9.17) is 16.3 Å². The number of halogens is 1. The molecule has 1 unspecified atom stereocenters. The topological polar surface area (TPSA) is 61.8 Å². The Hall–Kier alpha value is -1.46. The largest absolute Gasteiger partial charge is 0.493 e. The summed E-state index contributed by atoms with van der Waals surface area (Å²) in [5, 5.41) is 12.9. The number of carbonyl (C=O) groups excluding carboxylic acids is 1. The highest BCUT2D eigenvalue weighted by Gasteiger charge is 2.25. The minimum Gasteiger partial charge on any atom is -0.493 e. The van der Waals surface area contributed by atoms with Crippen LogP contribution in [0, 0.1) is 5.92 Å². The van der Waals surface area contributed by atoms with Crippen molar-refractivity contribution in [3.8, 4) is 5.75 Å². The van der Waals surface area contributed by atoms with Crippen LogP contribution >= 0.6 is 11.6 Å². The Balaban J connectivity index is 1.98. The van der Waals surface area contributed by atoms with E-state index in [9.17, 15) is 9.90 Å². The summed E-state index contributed by atoms with van der Waals surface area (Å²) in [6.07, 6.45) is 1.32. The van der Waals surface area contributed by atoms with Gasteiger partial charge in [0.25, 0.3) is 0 Å². The number of likely N-dealkylation sites (tertiary alicyclic amines) is 1. The van der Waals surface area contributed by atoms with E-state index >= 15 is 0 Å². The number of amides is 2. The fourth-order valence-corrected chi connectivity index (χ4v) is 2.85. The zero-order chi connectivity index (χ0) is 15.4. The maximum absolute atomic E-state index is 12.3. The first-order chi connectivity index (χ1) is 10.0. The molecular weight excluding hydrogens is 292 g/mol. The van der Waals surface area contributed by atoms with E-state index in [-0.39, 0.29) is 18.1 Å². The van der Waals surface area contributed by atoms with Gasteiger partial charge in [-0.2, -0.15) is 0 Å². The molecule has 6 heteroatoms. The number of hydrogen-bond donors (Lipinski definition) is 2. The molecule has 0 radical (unpaired) electrons. The van der Waals surface area contributed by atoms with Gasteiger partial charge >= 0.3 is 6.03 Å². The van der Waals surface area contributed by atoms with Crippen LogP contribution in [0.25, 0.3) is 0 Å². The number of para-hydroxylation sites is 1. The van der Waals surface area contributed by atoms with E-state index in [1.165, 1.54) is 7.11 Å². The zero-order valence-corrected chi connectivity index (χ0v) is 13.1. The van der Waals surface area contributed by atoms with Gasteiger partial charge in [-0.05, 0) is 37.8 Å². The summed E-state index contributed by atoms with van der Waals surface area (Å²) < 4.78 is 5.21. The monoisotopic (exact) mass is 312 g/mol. The first-order valence-corrected chi connectivity index (χ1v) is 7.47. The molecule has 1 saturated heterocycles. The van der Waals surface area contributed by atoms with Crippen molar-refractivity contribution in [1.82, 2.24) is 4.90 Å². The van der Waals surface area contributed by atoms with Crippen molar-refractivity contribution in [1.29, 1.82) is 0 Å². The van der Waals surface area contributed by atoms with Gasteiger partial charge in [-0.1, -0.05) is 17.7 Å². The number of aliphatic hydroxyl groups is 1. The predicted octanol–water partition coefficient (Wildman–Crippen LogP) is 2.97. The number of aliphatic hydroxyl groups excluding tert-OH is 1. The predicted molar refractivity (Wildman–Crippen MR) is 83.0 cm³/mol. The minimum absolute atomic E-state index is 0.167. The van der Waals surface area contributed by atoms with Crippen LogP contribution in [0.4, 0.5) is 10.5 Å². The molecule has 116 valence electrons. The maximum atomic E-state index is 12.3. The number of urea groups is 1. The summed E-state index contributed by atoms with van der Waals surface area (Å²) in [6, 6.07) is 5.06. The van der Waals surface area contributed by atoms with Crippen LogP contribution in [0.15, 0.2) is 18.2 Å². The average Bonchev–Trinajstić information content (AvgIpc) is 2.47. The van der Waals surface area contributed by atoms with Crippen LogP contribution in [0.2, 0.25) is 5.02 Å². The van der Waals surface area contributed by atoms with Crippen LogP contribution in [0.1, 0.15) is 19.8 Å². The van der Waals surface area contributed by atoms with Gasteiger partial charge in [0.15, 0.2) is 5.75 Å². The highest BCUT2D eigenvalue weighted by atomic mass is 35.5. The second-order valence-electron chi connectivity index (χ2n) is 5.32. The molecular formula is C15H21ClN2O3. The summed E-state index contributed by atoms with van der Waals surface area (Å²) in [7, 11) is 1.52. The number of ether oxygens (including phenoxy) is 1. The number of anilines is 1. The number of hydrogen-bond acceptors (Lipinski definition) is 3. The molecule has 1 heterocycles. The van der Waals surface area contributed by atoms with Gasteiger partial charge < -0.3 is 20.1 Å². The summed E-state index contributed by atoms with van der Waals surface area (Å²) in [6.45, 7) is 3.09. The van der Waals surface area contributed by atoms with Crippen LogP contribution in [-0.4, -0.2) is 42.3 Å². The molecule has 0 saturated carbocycles. The van der Waals surface area contributed by atoms with E-state index in [2.05, 4.69) is 5.32 Å². The van der Waals surface area contributed by atoms with Crippen molar-refractivity contribution in [2.75, 3.05) is 25.5 Å². The third-order valence-electron chi connectivity index (χ3n) is 3.92. The van der Waals surface area contributed by atoms with E-state index in [1.807, 2.05) is 0 Å². The van der Waals surface area contributed by atoms with Crippen molar-refractivity contribution in [3.05, 3.63) is 23.2 Å². The highest BCUT2D eigenvalue weighted by molar-refractivity contribution is 6.32. The lowest BCUT2D eigenvalue weighted by Crippen LogP contribution is -2.42. The Kier molecular flexibility index (Phi) is 5.31. The summed E-state index contributed by atoms with van der Waals surface area (Å²) in [4.78, 5) is 14.0. The van der Waals surface area contributed by atoms with Crippen molar-refractivity contribution in [2.45, 2.75) is 25.9 Å². The molecule has 2 amide bonds. The minimum atomic E-state index is -0.316. The summed E-state index contributed by atoms with van der Waals surface area (Å²) in [5.41, 5.74) is 0.563. The molecule has 1 aliphatic heterocycles. The summed E-state index contributed by atoms with van der Waals surface area (Å²) in [5.74, 6) is 0.737. The Morgan fingerprint density at radius 1 is 1.48 bits per heavy atom. The Labute approximate surface area is 129 Å². The van der Waals surface area contributed by atoms with E-state index in [0.29, 0.717) is 29.5 Å². The number of methoxy groups -OCH3 is 1. The van der Waals surface area contributed by atoms with Gasteiger partial charge in [-0.15, -0.1) is 0 Å². The number of benzene rings is 1. The molecule has 2 rings (SSSR count). The first kappa shape index (κ1) is 15.9. The Morgan fingerprint density at radius 3 is 2.71 bits per heavy atom. The SMILES string of the molecule is COc1c(Cl)cccc1NC(=O)N1CCC(C(C)O)CC1. The molecule has 1 fully saturated rings. The molecule has 5 nitrogen and oxygen atoms in total. The van der Waals surface area contributed by atoms with Crippen LogP contribution in [0.5, 0.6) is 5.75 Å². The summed E-state index contributed by atoms with van der Waals surface area (Å²) >= 11 is 6.04. The molecule has 1 atom stereocenters. The Morgan fingerprint density at radius 2 is 2.14 bits per heavy atom. The lowest BCUT2D eigenvalue weighted by atomic mass is 9.92. The molecule has 0 bridgehead atoms. The number of piperidine rings is 1. The fourth-order valence-electron chi connectivity index (χ4n) is 2.59. The molecule has 1 aromatic rings. The van der Waals surface area contributed by atoms with Crippen LogP contribution in [0.3, 0.4) is 0 Å². The standard InChI is InChI=1S/C15H21ClN2O3/c1-10(19)11-6-8-18(9-7-11)15(20)17-13-5-3-4-12(16)14(13)21-2/h3-5,10-11,19H,6-9H2,1-2H3,(H,17,20). The first-order valence-electron chi connectivity index (χ1n) is 7.09. The quantitative estimate of drug-likeness (QED) is 0.902. The van der Waals surface area contributed by atoms with Gasteiger partial charge in [0.05, 0.1) is 23.9 Å². The Bertz CT molecular complexity index is 500. The third kappa shape index (κ3) is 3.80. The average molecular weight is 313 g/mol.